The number of aromatic nitrogens is 1. The van der Waals surface area contributed by atoms with E-state index in [1.54, 1.807) is 12.3 Å². The largest absolute Gasteiger partial charge is 0.481 e. The summed E-state index contributed by atoms with van der Waals surface area (Å²) in [6, 6.07) is 1.75. The van der Waals surface area contributed by atoms with Gasteiger partial charge in [0.15, 0.2) is 0 Å². The summed E-state index contributed by atoms with van der Waals surface area (Å²) in [4.78, 5) is 14.2. The number of aliphatic carboxylic acids is 1. The molecule has 0 bridgehead atoms. The average molecular weight is 193 g/mol. The molecule has 1 aromatic heterocycles. The summed E-state index contributed by atoms with van der Waals surface area (Å²) < 4.78 is 4.92. The third-order valence-electron chi connectivity index (χ3n) is 1.74. The van der Waals surface area contributed by atoms with E-state index in [4.69, 9.17) is 9.84 Å². The summed E-state index contributed by atoms with van der Waals surface area (Å²) in [5, 5.41) is 8.43. The maximum absolute atomic E-state index is 10.3. The van der Waals surface area contributed by atoms with Gasteiger partial charge in [-0.1, -0.05) is 0 Å². The zero-order chi connectivity index (χ0) is 10.6. The molecule has 4 heteroatoms. The number of carbonyl (C=O) groups is 1. The molecule has 1 aromatic rings. The Kier molecular flexibility index (Phi) is 3.23. The van der Waals surface area contributed by atoms with E-state index < -0.39 is 5.97 Å². The normalized spacial score (nSPS) is 10.4. The van der Waals surface area contributed by atoms with Crippen LogP contribution in [0.3, 0.4) is 0 Å². The highest BCUT2D eigenvalue weighted by molar-refractivity contribution is 5.85. The molecule has 0 aliphatic rings. The average Bonchev–Trinajstić information content (AvgIpc) is 2.15. The molecule has 0 aliphatic carbocycles. The van der Waals surface area contributed by atoms with Crippen LogP contribution >= 0.6 is 0 Å². The standard InChI is InChI=1S/C10H11NO3/c1-7-5-9(14-2)11-6-8(7)3-4-10(12)13/h3-6H,1-2H3,(H,12,13). The number of pyridine rings is 1. The van der Waals surface area contributed by atoms with Gasteiger partial charge in [0.2, 0.25) is 5.88 Å². The SMILES string of the molecule is COc1cc(C)c(C=CC(=O)O)cn1. The molecule has 1 rings (SSSR count). The lowest BCUT2D eigenvalue weighted by atomic mass is 10.1. The van der Waals surface area contributed by atoms with Gasteiger partial charge in [0.1, 0.15) is 0 Å². The molecule has 14 heavy (non-hydrogen) atoms. The Morgan fingerprint density at radius 2 is 2.36 bits per heavy atom. The summed E-state index contributed by atoms with van der Waals surface area (Å²) in [5.41, 5.74) is 1.70. The van der Waals surface area contributed by atoms with E-state index in [0.717, 1.165) is 17.2 Å². The Bertz CT molecular complexity index is 372. The Morgan fingerprint density at radius 3 is 2.86 bits per heavy atom. The van der Waals surface area contributed by atoms with Gasteiger partial charge in [0, 0.05) is 18.3 Å². The minimum Gasteiger partial charge on any atom is -0.481 e. The predicted molar refractivity (Wildman–Crippen MR) is 52.2 cm³/mol. The fraction of sp³-hybridized carbons (Fsp3) is 0.200. The second-order valence-electron chi connectivity index (χ2n) is 2.75. The maximum atomic E-state index is 10.3. The van der Waals surface area contributed by atoms with E-state index in [0.29, 0.717) is 5.88 Å². The first-order valence-electron chi connectivity index (χ1n) is 4.05. The predicted octanol–water partition coefficient (Wildman–Crippen LogP) is 1.50. The summed E-state index contributed by atoms with van der Waals surface area (Å²) in [6.07, 6.45) is 4.16. The van der Waals surface area contributed by atoms with E-state index in [2.05, 4.69) is 4.98 Å². The molecule has 0 fully saturated rings. The van der Waals surface area contributed by atoms with E-state index in [-0.39, 0.29) is 0 Å². The molecule has 0 aromatic carbocycles. The maximum Gasteiger partial charge on any atom is 0.328 e. The number of carboxylic acids is 1. The highest BCUT2D eigenvalue weighted by atomic mass is 16.5. The molecular weight excluding hydrogens is 182 g/mol. The zero-order valence-corrected chi connectivity index (χ0v) is 8.02. The topological polar surface area (TPSA) is 59.4 Å². The number of aryl methyl sites for hydroxylation is 1. The molecule has 0 radical (unpaired) electrons. The second-order valence-corrected chi connectivity index (χ2v) is 2.75. The van der Waals surface area contributed by atoms with Crippen molar-refractivity contribution in [2.45, 2.75) is 6.92 Å². The number of carboxylic acid groups (broad SMARTS) is 1. The fourth-order valence-corrected chi connectivity index (χ4v) is 0.988. The van der Waals surface area contributed by atoms with Crippen LogP contribution in [0.2, 0.25) is 0 Å². The van der Waals surface area contributed by atoms with Crippen LogP contribution < -0.4 is 4.74 Å². The molecule has 1 heterocycles. The molecule has 4 nitrogen and oxygen atoms in total. The van der Waals surface area contributed by atoms with Crippen molar-refractivity contribution < 1.29 is 14.6 Å². The Balaban J connectivity index is 2.94. The van der Waals surface area contributed by atoms with E-state index >= 15 is 0 Å². The molecule has 0 saturated carbocycles. The second kappa shape index (κ2) is 4.41. The first-order valence-corrected chi connectivity index (χ1v) is 4.05. The number of hydrogen-bond acceptors (Lipinski definition) is 3. The molecule has 74 valence electrons. The van der Waals surface area contributed by atoms with Crippen molar-refractivity contribution in [2.75, 3.05) is 7.11 Å². The van der Waals surface area contributed by atoms with Crippen LogP contribution in [-0.2, 0) is 4.79 Å². The van der Waals surface area contributed by atoms with Crippen molar-refractivity contribution in [1.82, 2.24) is 4.98 Å². The molecule has 0 aliphatic heterocycles. The van der Waals surface area contributed by atoms with Crippen molar-refractivity contribution >= 4 is 12.0 Å². The van der Waals surface area contributed by atoms with Crippen LogP contribution in [0.5, 0.6) is 5.88 Å². The Labute approximate surface area is 81.9 Å². The minimum absolute atomic E-state index is 0.523. The van der Waals surface area contributed by atoms with Crippen LogP contribution in [0.4, 0.5) is 0 Å². The van der Waals surface area contributed by atoms with Gasteiger partial charge in [-0.25, -0.2) is 9.78 Å². The molecular formula is C10H11NO3. The van der Waals surface area contributed by atoms with Crippen LogP contribution in [0, 0.1) is 6.92 Å². The van der Waals surface area contributed by atoms with E-state index in [9.17, 15) is 4.79 Å². The fourth-order valence-electron chi connectivity index (χ4n) is 0.988. The lowest BCUT2D eigenvalue weighted by Gasteiger charge is -2.02. The molecule has 0 spiro atoms. The first kappa shape index (κ1) is 10.2. The van der Waals surface area contributed by atoms with Crippen molar-refractivity contribution in [3.63, 3.8) is 0 Å². The summed E-state index contributed by atoms with van der Waals surface area (Å²) in [6.45, 7) is 1.87. The van der Waals surface area contributed by atoms with Crippen LogP contribution in [0.1, 0.15) is 11.1 Å². The van der Waals surface area contributed by atoms with E-state index in [1.807, 2.05) is 6.92 Å². The number of ether oxygens (including phenoxy) is 1. The Morgan fingerprint density at radius 1 is 1.64 bits per heavy atom. The summed E-state index contributed by atoms with van der Waals surface area (Å²) in [5.74, 6) is -0.449. The highest BCUT2D eigenvalue weighted by Gasteiger charge is 1.98. The van der Waals surface area contributed by atoms with Gasteiger partial charge in [-0.2, -0.15) is 0 Å². The molecule has 1 N–H and O–H groups in total. The summed E-state index contributed by atoms with van der Waals surface area (Å²) in [7, 11) is 1.54. The molecule has 0 amide bonds. The first-order chi connectivity index (χ1) is 6.63. The monoisotopic (exact) mass is 193 g/mol. The highest BCUT2D eigenvalue weighted by Crippen LogP contribution is 2.14. The minimum atomic E-state index is -0.972. The third kappa shape index (κ3) is 2.58. The van der Waals surface area contributed by atoms with Gasteiger partial charge in [0.25, 0.3) is 0 Å². The van der Waals surface area contributed by atoms with Gasteiger partial charge in [0.05, 0.1) is 7.11 Å². The lowest BCUT2D eigenvalue weighted by molar-refractivity contribution is -0.131. The van der Waals surface area contributed by atoms with Gasteiger partial charge < -0.3 is 9.84 Å². The van der Waals surface area contributed by atoms with Gasteiger partial charge >= 0.3 is 5.97 Å². The van der Waals surface area contributed by atoms with E-state index in [1.165, 1.54) is 13.2 Å². The quantitative estimate of drug-likeness (QED) is 0.739. The van der Waals surface area contributed by atoms with Crippen LogP contribution in [0.15, 0.2) is 18.3 Å². The van der Waals surface area contributed by atoms with Crippen molar-refractivity contribution in [3.05, 3.63) is 29.5 Å². The van der Waals surface area contributed by atoms with Gasteiger partial charge in [-0.05, 0) is 24.1 Å². The Hall–Kier alpha value is -1.84. The smallest absolute Gasteiger partial charge is 0.328 e. The molecule has 0 atom stereocenters. The number of methoxy groups -OCH3 is 1. The van der Waals surface area contributed by atoms with Gasteiger partial charge in [-0.3, -0.25) is 0 Å². The number of hydrogen-bond donors (Lipinski definition) is 1. The van der Waals surface area contributed by atoms with Crippen LogP contribution in [0.25, 0.3) is 6.08 Å². The zero-order valence-electron chi connectivity index (χ0n) is 8.02. The van der Waals surface area contributed by atoms with Crippen molar-refractivity contribution in [2.24, 2.45) is 0 Å². The summed E-state index contributed by atoms with van der Waals surface area (Å²) >= 11 is 0. The van der Waals surface area contributed by atoms with Crippen molar-refractivity contribution in [3.8, 4) is 5.88 Å². The number of nitrogens with zero attached hydrogens (tertiary/aromatic N) is 1. The van der Waals surface area contributed by atoms with Crippen molar-refractivity contribution in [1.29, 1.82) is 0 Å². The van der Waals surface area contributed by atoms with Gasteiger partial charge in [-0.15, -0.1) is 0 Å². The molecule has 0 saturated heterocycles. The third-order valence-corrected chi connectivity index (χ3v) is 1.74. The molecule has 0 unspecified atom stereocenters. The van der Waals surface area contributed by atoms with Crippen LogP contribution in [-0.4, -0.2) is 23.2 Å². The lowest BCUT2D eigenvalue weighted by Crippen LogP contribution is -1.91. The number of rotatable bonds is 3.